The molecule has 2 atom stereocenters. The molecular weight excluding hydrogens is 294 g/mol. The lowest BCUT2D eigenvalue weighted by atomic mass is 9.97. The Balaban J connectivity index is 1.46. The molecule has 23 heavy (non-hydrogen) atoms. The van der Waals surface area contributed by atoms with E-state index in [0.717, 1.165) is 43.8 Å². The van der Waals surface area contributed by atoms with E-state index in [4.69, 9.17) is 9.94 Å². The third-order valence-electron chi connectivity index (χ3n) is 5.69. The van der Waals surface area contributed by atoms with Crippen molar-refractivity contribution in [3.8, 4) is 0 Å². The van der Waals surface area contributed by atoms with Gasteiger partial charge in [0.15, 0.2) is 0 Å². The Bertz CT molecular complexity index is 613. The summed E-state index contributed by atoms with van der Waals surface area (Å²) in [5.41, 5.74) is 4.41. The number of hydrogen-bond donors (Lipinski definition) is 2. The van der Waals surface area contributed by atoms with Gasteiger partial charge in [-0.05, 0) is 50.2 Å². The van der Waals surface area contributed by atoms with Crippen molar-refractivity contribution in [3.63, 3.8) is 0 Å². The molecule has 1 spiro atoms. The van der Waals surface area contributed by atoms with Crippen molar-refractivity contribution in [3.05, 3.63) is 29.1 Å². The van der Waals surface area contributed by atoms with E-state index in [2.05, 4.69) is 9.88 Å². The molecule has 1 saturated carbocycles. The van der Waals surface area contributed by atoms with E-state index in [1.165, 1.54) is 25.7 Å². The van der Waals surface area contributed by atoms with E-state index in [1.807, 2.05) is 6.07 Å². The SMILES string of the molecule is O=C(NO)c1cnc2c(c1)CCN([C@H]1CC[C@]3(CCCO3)C1)C2. The first-order valence-electron chi connectivity index (χ1n) is 8.49. The fourth-order valence-electron chi connectivity index (χ4n) is 4.42. The first-order chi connectivity index (χ1) is 11.2. The predicted octanol–water partition coefficient (Wildman–Crippen LogP) is 1.66. The fraction of sp³-hybridized carbons (Fsp3) is 0.647. The largest absolute Gasteiger partial charge is 0.375 e. The molecular formula is C17H23N3O3. The zero-order chi connectivity index (χ0) is 15.9. The molecule has 2 fully saturated rings. The number of rotatable bonds is 2. The van der Waals surface area contributed by atoms with Gasteiger partial charge in [0.2, 0.25) is 0 Å². The van der Waals surface area contributed by atoms with Crippen LogP contribution < -0.4 is 5.48 Å². The van der Waals surface area contributed by atoms with Crippen LogP contribution in [0.2, 0.25) is 0 Å². The van der Waals surface area contributed by atoms with Crippen molar-refractivity contribution >= 4 is 5.91 Å². The van der Waals surface area contributed by atoms with Gasteiger partial charge in [-0.2, -0.15) is 0 Å². The van der Waals surface area contributed by atoms with Crippen molar-refractivity contribution in [1.29, 1.82) is 0 Å². The molecule has 1 aromatic rings. The topological polar surface area (TPSA) is 74.7 Å². The second kappa shape index (κ2) is 5.85. The maximum atomic E-state index is 11.5. The lowest BCUT2D eigenvalue weighted by molar-refractivity contribution is 0.00284. The third-order valence-corrected chi connectivity index (χ3v) is 5.69. The number of nitrogens with zero attached hydrogens (tertiary/aromatic N) is 2. The van der Waals surface area contributed by atoms with Crippen LogP contribution in [-0.4, -0.2) is 45.8 Å². The lowest BCUT2D eigenvalue weighted by Crippen LogP contribution is -2.40. The normalized spacial score (nSPS) is 30.6. The van der Waals surface area contributed by atoms with E-state index >= 15 is 0 Å². The molecule has 124 valence electrons. The molecule has 0 unspecified atom stereocenters. The summed E-state index contributed by atoms with van der Waals surface area (Å²) in [6, 6.07) is 2.44. The van der Waals surface area contributed by atoms with Crippen molar-refractivity contribution in [2.24, 2.45) is 0 Å². The molecule has 0 aromatic carbocycles. The summed E-state index contributed by atoms with van der Waals surface area (Å²) >= 11 is 0. The molecule has 1 aliphatic carbocycles. The monoisotopic (exact) mass is 317 g/mol. The van der Waals surface area contributed by atoms with Crippen LogP contribution in [0.5, 0.6) is 0 Å². The number of carbonyl (C=O) groups is 1. The lowest BCUT2D eigenvalue weighted by Gasteiger charge is -2.34. The van der Waals surface area contributed by atoms with Crippen molar-refractivity contribution in [2.75, 3.05) is 13.2 Å². The molecule has 3 heterocycles. The van der Waals surface area contributed by atoms with Gasteiger partial charge in [0, 0.05) is 31.9 Å². The number of amides is 1. The van der Waals surface area contributed by atoms with Crippen LogP contribution in [0.1, 0.15) is 53.7 Å². The van der Waals surface area contributed by atoms with E-state index in [9.17, 15) is 4.79 Å². The van der Waals surface area contributed by atoms with E-state index in [-0.39, 0.29) is 5.60 Å². The minimum absolute atomic E-state index is 0.154. The first kappa shape index (κ1) is 15.1. The Morgan fingerprint density at radius 2 is 2.39 bits per heavy atom. The smallest absolute Gasteiger partial charge is 0.276 e. The average Bonchev–Trinajstić information content (AvgIpc) is 3.23. The van der Waals surface area contributed by atoms with Crippen LogP contribution >= 0.6 is 0 Å². The van der Waals surface area contributed by atoms with Gasteiger partial charge < -0.3 is 4.74 Å². The number of hydroxylamine groups is 1. The van der Waals surface area contributed by atoms with Gasteiger partial charge in [0.25, 0.3) is 5.91 Å². The molecule has 1 saturated heterocycles. The van der Waals surface area contributed by atoms with Crippen LogP contribution in [0, 0.1) is 0 Å². The zero-order valence-corrected chi connectivity index (χ0v) is 13.3. The first-order valence-corrected chi connectivity index (χ1v) is 8.49. The van der Waals surface area contributed by atoms with Gasteiger partial charge in [-0.3, -0.25) is 19.9 Å². The number of hydrogen-bond acceptors (Lipinski definition) is 5. The summed E-state index contributed by atoms with van der Waals surface area (Å²) < 4.78 is 6.04. The Morgan fingerprint density at radius 1 is 1.48 bits per heavy atom. The molecule has 2 aliphatic heterocycles. The molecule has 0 radical (unpaired) electrons. The maximum Gasteiger partial charge on any atom is 0.276 e. The van der Waals surface area contributed by atoms with Gasteiger partial charge in [0.05, 0.1) is 16.9 Å². The molecule has 1 amide bonds. The Labute approximate surface area is 135 Å². The Hall–Kier alpha value is -1.50. The highest BCUT2D eigenvalue weighted by atomic mass is 16.5. The van der Waals surface area contributed by atoms with Gasteiger partial charge in [-0.25, -0.2) is 5.48 Å². The number of carbonyl (C=O) groups excluding carboxylic acids is 1. The molecule has 3 aliphatic rings. The second-order valence-electron chi connectivity index (χ2n) is 7.02. The fourth-order valence-corrected chi connectivity index (χ4v) is 4.42. The standard InChI is InChI=1S/C17H23N3O3/c21-16(19-22)13-8-12-3-6-20(11-15(12)18-10-13)14-2-5-17(9-14)4-1-7-23-17/h8,10,14,22H,1-7,9,11H2,(H,19,21)/t14-,17+/m0/s1. The minimum Gasteiger partial charge on any atom is -0.375 e. The summed E-state index contributed by atoms with van der Waals surface area (Å²) in [6.45, 7) is 2.77. The molecule has 4 rings (SSSR count). The van der Waals surface area contributed by atoms with Crippen LogP contribution in [0.25, 0.3) is 0 Å². The number of fused-ring (bicyclic) bond motifs is 1. The molecule has 6 heteroatoms. The molecule has 2 N–H and O–H groups in total. The maximum absolute atomic E-state index is 11.5. The van der Waals surface area contributed by atoms with E-state index < -0.39 is 5.91 Å². The summed E-state index contributed by atoms with van der Waals surface area (Å²) in [5, 5.41) is 8.73. The predicted molar refractivity (Wildman–Crippen MR) is 83.2 cm³/mol. The van der Waals surface area contributed by atoms with Crippen molar-refractivity contribution in [1.82, 2.24) is 15.4 Å². The molecule has 0 bridgehead atoms. The molecule has 1 aromatic heterocycles. The van der Waals surface area contributed by atoms with Crippen molar-refractivity contribution in [2.45, 2.75) is 56.7 Å². The Kier molecular flexibility index (Phi) is 3.83. The quantitative estimate of drug-likeness (QED) is 0.641. The highest BCUT2D eigenvalue weighted by Gasteiger charge is 2.44. The van der Waals surface area contributed by atoms with Crippen molar-refractivity contribution < 1.29 is 14.7 Å². The number of aromatic nitrogens is 1. The van der Waals surface area contributed by atoms with Gasteiger partial charge in [-0.1, -0.05) is 0 Å². The van der Waals surface area contributed by atoms with Crippen LogP contribution in [-0.2, 0) is 17.7 Å². The number of nitrogens with one attached hydrogen (secondary N) is 1. The highest BCUT2D eigenvalue weighted by Crippen LogP contribution is 2.43. The van der Waals surface area contributed by atoms with Gasteiger partial charge in [0.1, 0.15) is 0 Å². The van der Waals surface area contributed by atoms with E-state index in [1.54, 1.807) is 11.7 Å². The minimum atomic E-state index is -0.501. The average molecular weight is 317 g/mol. The van der Waals surface area contributed by atoms with Gasteiger partial charge in [-0.15, -0.1) is 0 Å². The highest BCUT2D eigenvalue weighted by molar-refractivity contribution is 5.93. The zero-order valence-electron chi connectivity index (χ0n) is 13.3. The summed E-state index contributed by atoms with van der Waals surface area (Å²) in [7, 11) is 0. The molecule has 6 nitrogen and oxygen atoms in total. The second-order valence-corrected chi connectivity index (χ2v) is 7.02. The summed E-state index contributed by atoms with van der Waals surface area (Å²) in [5.74, 6) is -0.501. The summed E-state index contributed by atoms with van der Waals surface area (Å²) in [4.78, 5) is 18.5. The number of ether oxygens (including phenoxy) is 1. The third kappa shape index (κ3) is 2.75. The van der Waals surface area contributed by atoms with E-state index in [0.29, 0.717) is 11.6 Å². The van der Waals surface area contributed by atoms with Crippen LogP contribution in [0.4, 0.5) is 0 Å². The Morgan fingerprint density at radius 3 is 3.17 bits per heavy atom. The number of pyridine rings is 1. The summed E-state index contributed by atoms with van der Waals surface area (Å²) in [6.07, 6.45) is 8.40. The van der Waals surface area contributed by atoms with Crippen LogP contribution in [0.3, 0.4) is 0 Å². The van der Waals surface area contributed by atoms with Gasteiger partial charge >= 0.3 is 0 Å². The van der Waals surface area contributed by atoms with Crippen LogP contribution in [0.15, 0.2) is 12.3 Å².